The van der Waals surface area contributed by atoms with Crippen LogP contribution in [0.1, 0.15) is 58.4 Å². The SMILES string of the molecule is CC(C)(C)Cc1cc(-c2[c-]cccc2)nc[c]1[Ge]([CH3])([CH3])[CH3].Cc1ccc2c(ccc3nc(-c4[c-]cc(C)c5c4oc4ncccc45)n(C(C)(C)C)c32)n1.[Ir]. The molecule has 5 heterocycles. The molecule has 8 rings (SSSR count). The van der Waals surface area contributed by atoms with Gasteiger partial charge in [-0.1, -0.05) is 17.9 Å². The Morgan fingerprint density at radius 1 is 0.815 bits per heavy atom. The van der Waals surface area contributed by atoms with Crippen LogP contribution in [0.5, 0.6) is 0 Å². The molecule has 5 aromatic heterocycles. The standard InChI is InChI=1S/C27H23N4O.C19H26GeN.Ir/c1-15-8-10-19(24-22(15)18-7-6-14-28-26(18)32-24)25-30-21-13-12-20-17(11-9-16(2)29-20)23(21)31(25)27(3,4)5;1-19(2,3)13-16-12-18(15-10-8-7-9-11-15)21-14-17(16)20(4,5)6;/h6-9,11-14H,1-5H3;7-10,12,14H,13H2,1-6H3;/q2*-1;. The summed E-state index contributed by atoms with van der Waals surface area (Å²) in [5.74, 6) is 8.16. The van der Waals surface area contributed by atoms with Gasteiger partial charge in [-0.2, -0.15) is 0 Å². The maximum absolute atomic E-state index is 6.28. The number of pyridine rings is 3. The first-order valence-electron chi connectivity index (χ1n) is 18.4. The third-order valence-electron chi connectivity index (χ3n) is 9.54. The van der Waals surface area contributed by atoms with Gasteiger partial charge in [0.05, 0.1) is 28.0 Å². The minimum absolute atomic E-state index is 0. The number of furan rings is 1. The Kier molecular flexibility index (Phi) is 10.8. The van der Waals surface area contributed by atoms with E-state index in [4.69, 9.17) is 19.4 Å². The van der Waals surface area contributed by atoms with E-state index in [1.807, 2.05) is 43.3 Å². The molecule has 0 aliphatic carbocycles. The zero-order valence-electron chi connectivity index (χ0n) is 33.3. The monoisotopic (exact) mass is 954 g/mol. The quantitative estimate of drug-likeness (QED) is 0.130. The van der Waals surface area contributed by atoms with Crippen molar-refractivity contribution in [2.24, 2.45) is 5.41 Å². The molecule has 0 fully saturated rings. The van der Waals surface area contributed by atoms with E-state index in [9.17, 15) is 0 Å². The molecule has 0 saturated heterocycles. The summed E-state index contributed by atoms with van der Waals surface area (Å²) in [6.45, 7) is 17.6. The molecule has 6 nitrogen and oxygen atoms in total. The number of hydrogen-bond acceptors (Lipinski definition) is 5. The van der Waals surface area contributed by atoms with Gasteiger partial charge in [-0.25, -0.2) is 4.98 Å². The number of aryl methyl sites for hydroxylation is 2. The van der Waals surface area contributed by atoms with Crippen molar-refractivity contribution in [3.8, 4) is 22.6 Å². The maximum Gasteiger partial charge on any atom is 0.216 e. The van der Waals surface area contributed by atoms with Gasteiger partial charge in [-0.15, -0.1) is 17.7 Å². The molecule has 8 aromatic rings. The van der Waals surface area contributed by atoms with Crippen LogP contribution in [0.4, 0.5) is 0 Å². The number of rotatable bonds is 4. The molecule has 0 spiro atoms. The second-order valence-electron chi connectivity index (χ2n) is 17.4. The molecule has 0 aliphatic rings. The van der Waals surface area contributed by atoms with Gasteiger partial charge in [-0.3, -0.25) is 9.97 Å². The topological polar surface area (TPSA) is 69.6 Å². The molecule has 3 aromatic carbocycles. The molecule has 54 heavy (non-hydrogen) atoms. The summed E-state index contributed by atoms with van der Waals surface area (Å²) >= 11 is -1.90. The number of aromatic nitrogens is 5. The number of nitrogens with zero attached hydrogens (tertiary/aromatic N) is 5. The number of fused-ring (bicyclic) bond motifs is 6. The molecule has 0 saturated carbocycles. The first-order valence-corrected chi connectivity index (χ1v) is 25.8. The Balaban J connectivity index is 0.000000198. The third-order valence-corrected chi connectivity index (χ3v) is 13.9. The molecular formula is C46H49GeIrN5O-2. The normalized spacial score (nSPS) is 12.3. The molecule has 8 heteroatoms. The van der Waals surface area contributed by atoms with Crippen LogP contribution < -0.4 is 4.40 Å². The molecule has 0 amide bonds. The van der Waals surface area contributed by atoms with Gasteiger partial charge in [0.1, 0.15) is 0 Å². The van der Waals surface area contributed by atoms with E-state index in [1.54, 1.807) is 6.20 Å². The van der Waals surface area contributed by atoms with E-state index in [0.29, 0.717) is 11.1 Å². The van der Waals surface area contributed by atoms with Gasteiger partial charge < -0.3 is 8.98 Å². The number of imidazole rings is 1. The summed E-state index contributed by atoms with van der Waals surface area (Å²) in [5.41, 5.74) is 11.0. The molecule has 0 unspecified atom stereocenters. The van der Waals surface area contributed by atoms with E-state index in [-0.39, 0.29) is 25.6 Å². The fourth-order valence-corrected chi connectivity index (χ4v) is 10.6. The van der Waals surface area contributed by atoms with Crippen LogP contribution in [-0.4, -0.2) is 37.8 Å². The van der Waals surface area contributed by atoms with Gasteiger partial charge in [0.2, 0.25) is 5.71 Å². The van der Waals surface area contributed by atoms with E-state index >= 15 is 0 Å². The van der Waals surface area contributed by atoms with Crippen molar-refractivity contribution in [2.45, 2.75) is 84.6 Å². The average Bonchev–Trinajstić information content (AvgIpc) is 3.68. The van der Waals surface area contributed by atoms with Crippen LogP contribution in [0.25, 0.3) is 66.7 Å². The summed E-state index contributed by atoms with van der Waals surface area (Å²) in [4.78, 5) is 19.0. The Bertz CT molecular complexity index is 2620. The third kappa shape index (κ3) is 7.82. The van der Waals surface area contributed by atoms with Crippen LogP contribution in [0.15, 0.2) is 89.6 Å². The summed E-state index contributed by atoms with van der Waals surface area (Å²) in [6.07, 6.45) is 5.00. The molecule has 0 bridgehead atoms. The average molecular weight is 953 g/mol. The minimum atomic E-state index is -1.90. The summed E-state index contributed by atoms with van der Waals surface area (Å²) in [6, 6.07) is 31.5. The van der Waals surface area contributed by atoms with E-state index in [1.165, 1.54) is 9.96 Å². The number of hydrogen-bond donors (Lipinski definition) is 0. The summed E-state index contributed by atoms with van der Waals surface area (Å²) in [7, 11) is 0. The fourth-order valence-electron chi connectivity index (χ4n) is 7.27. The molecule has 0 aliphatic heterocycles. The second-order valence-corrected chi connectivity index (χ2v) is 28.0. The molecule has 0 atom stereocenters. The van der Waals surface area contributed by atoms with Crippen LogP contribution in [0.3, 0.4) is 0 Å². The smallest absolute Gasteiger partial charge is 0.216 e. The van der Waals surface area contributed by atoms with Crippen molar-refractivity contribution in [1.29, 1.82) is 0 Å². The summed E-state index contributed by atoms with van der Waals surface area (Å²) in [5, 5.41) is 3.17. The van der Waals surface area contributed by atoms with Gasteiger partial charge in [0, 0.05) is 48.3 Å². The Morgan fingerprint density at radius 2 is 1.57 bits per heavy atom. The van der Waals surface area contributed by atoms with Crippen LogP contribution >= 0.6 is 0 Å². The summed E-state index contributed by atoms with van der Waals surface area (Å²) < 4.78 is 10.1. The van der Waals surface area contributed by atoms with Gasteiger partial charge >= 0.3 is 132 Å². The predicted octanol–water partition coefficient (Wildman–Crippen LogP) is 11.4. The van der Waals surface area contributed by atoms with E-state index in [0.717, 1.165) is 78.6 Å². The fraction of sp³-hybridized carbons (Fsp3) is 0.304. The van der Waals surface area contributed by atoms with Gasteiger partial charge in [-0.05, 0) is 64.1 Å². The van der Waals surface area contributed by atoms with Crippen molar-refractivity contribution >= 4 is 61.7 Å². The van der Waals surface area contributed by atoms with Crippen molar-refractivity contribution in [3.63, 3.8) is 0 Å². The largest absolute Gasteiger partial charge is 0.486 e. The zero-order valence-corrected chi connectivity index (χ0v) is 37.8. The van der Waals surface area contributed by atoms with Crippen LogP contribution in [0, 0.1) is 31.4 Å². The van der Waals surface area contributed by atoms with Crippen molar-refractivity contribution in [3.05, 3.63) is 114 Å². The van der Waals surface area contributed by atoms with E-state index < -0.39 is 13.3 Å². The van der Waals surface area contributed by atoms with Crippen molar-refractivity contribution < 1.29 is 24.5 Å². The Morgan fingerprint density at radius 3 is 2.26 bits per heavy atom. The molecule has 279 valence electrons. The molecule has 1 radical (unpaired) electrons. The van der Waals surface area contributed by atoms with Crippen LogP contribution in [0.2, 0.25) is 17.3 Å². The Hall–Kier alpha value is -4.17. The molecular weight excluding hydrogens is 903 g/mol. The second kappa shape index (κ2) is 14.8. The van der Waals surface area contributed by atoms with Gasteiger partial charge in [0.25, 0.3) is 0 Å². The van der Waals surface area contributed by atoms with Crippen molar-refractivity contribution in [1.82, 2.24) is 24.5 Å². The zero-order chi connectivity index (χ0) is 37.9. The maximum atomic E-state index is 6.28. The van der Waals surface area contributed by atoms with E-state index in [2.05, 4.69) is 130 Å². The van der Waals surface area contributed by atoms with Crippen molar-refractivity contribution in [2.75, 3.05) is 0 Å². The number of benzene rings is 3. The Labute approximate surface area is 335 Å². The minimum Gasteiger partial charge on any atom is -0.486 e. The predicted molar refractivity (Wildman–Crippen MR) is 223 cm³/mol. The van der Waals surface area contributed by atoms with Crippen LogP contribution in [-0.2, 0) is 32.1 Å². The first-order chi connectivity index (χ1) is 25.0. The van der Waals surface area contributed by atoms with Gasteiger partial charge in [0.15, 0.2) is 0 Å². The first kappa shape index (κ1) is 39.5. The molecule has 0 N–H and O–H groups in total.